The summed E-state index contributed by atoms with van der Waals surface area (Å²) >= 11 is 1.31. The van der Waals surface area contributed by atoms with Crippen LogP contribution in [0.3, 0.4) is 0 Å². The summed E-state index contributed by atoms with van der Waals surface area (Å²) in [5.74, 6) is -0.347. The van der Waals surface area contributed by atoms with Crippen molar-refractivity contribution in [2.45, 2.75) is 0 Å². The number of thiazole rings is 1. The fraction of sp³-hybridized carbons (Fsp3) is 0.125. The molecule has 0 bridgehead atoms. The summed E-state index contributed by atoms with van der Waals surface area (Å²) in [6.07, 6.45) is 2.92. The Morgan fingerprint density at radius 2 is 2.17 bits per heavy atom. The van der Waals surface area contributed by atoms with Crippen LogP contribution in [-0.4, -0.2) is 35.6 Å². The Labute approximate surface area is 141 Å². The monoisotopic (exact) mass is 343 g/mol. The summed E-state index contributed by atoms with van der Waals surface area (Å²) in [4.78, 5) is 31.7. The highest BCUT2D eigenvalue weighted by atomic mass is 32.1. The van der Waals surface area contributed by atoms with Crippen LogP contribution >= 0.6 is 11.3 Å². The Balaban J connectivity index is 1.59. The van der Waals surface area contributed by atoms with Gasteiger partial charge in [0.05, 0.1) is 22.9 Å². The molecule has 3 rings (SSSR count). The maximum Gasteiger partial charge on any atom is 0.340 e. The highest BCUT2D eigenvalue weighted by Crippen LogP contribution is 2.29. The molecule has 24 heavy (non-hydrogen) atoms. The van der Waals surface area contributed by atoms with E-state index in [-0.39, 0.29) is 5.56 Å². The number of amides is 1. The number of carbonyl (C=O) groups is 2. The SMILES string of the molecule is COc1ccc2nc(NC(=O)COC(=O)c3cccnc3)sc2c1. The van der Waals surface area contributed by atoms with E-state index in [1.807, 2.05) is 12.1 Å². The summed E-state index contributed by atoms with van der Waals surface area (Å²) in [6, 6.07) is 8.62. The number of methoxy groups -OCH3 is 1. The van der Waals surface area contributed by atoms with Crippen LogP contribution in [0.15, 0.2) is 42.7 Å². The molecule has 3 aromatic rings. The molecule has 0 fully saturated rings. The van der Waals surface area contributed by atoms with Gasteiger partial charge >= 0.3 is 5.97 Å². The lowest BCUT2D eigenvalue weighted by Gasteiger charge is -2.04. The number of carbonyl (C=O) groups excluding carboxylic acids is 2. The number of rotatable bonds is 5. The smallest absolute Gasteiger partial charge is 0.340 e. The lowest BCUT2D eigenvalue weighted by atomic mass is 10.3. The zero-order valence-corrected chi connectivity index (χ0v) is 13.5. The first kappa shape index (κ1) is 15.9. The first-order chi connectivity index (χ1) is 11.7. The molecule has 122 valence electrons. The minimum atomic E-state index is -0.604. The molecule has 8 heteroatoms. The summed E-state index contributed by atoms with van der Waals surface area (Å²) in [7, 11) is 1.58. The van der Waals surface area contributed by atoms with E-state index in [1.165, 1.54) is 17.5 Å². The Kier molecular flexibility index (Phi) is 4.66. The van der Waals surface area contributed by atoms with Gasteiger partial charge in [-0.15, -0.1) is 0 Å². The molecule has 1 aromatic carbocycles. The second-order valence-electron chi connectivity index (χ2n) is 4.72. The Morgan fingerprint density at radius 3 is 2.92 bits per heavy atom. The number of nitrogens with one attached hydrogen (secondary N) is 1. The minimum absolute atomic E-state index is 0.289. The van der Waals surface area contributed by atoms with Crippen molar-refractivity contribution in [2.75, 3.05) is 19.0 Å². The van der Waals surface area contributed by atoms with Crippen molar-refractivity contribution < 1.29 is 19.1 Å². The standard InChI is InChI=1S/C16H13N3O4S/c1-22-11-4-5-12-13(7-11)24-16(18-12)19-14(20)9-23-15(21)10-3-2-6-17-8-10/h2-8H,9H2,1H3,(H,18,19,20). The molecule has 0 atom stereocenters. The van der Waals surface area contributed by atoms with Crippen LogP contribution in [0.4, 0.5) is 5.13 Å². The topological polar surface area (TPSA) is 90.4 Å². The molecule has 0 spiro atoms. The molecule has 0 aliphatic rings. The molecule has 0 saturated heterocycles. The highest BCUT2D eigenvalue weighted by molar-refractivity contribution is 7.22. The zero-order chi connectivity index (χ0) is 16.9. The number of hydrogen-bond donors (Lipinski definition) is 1. The van der Waals surface area contributed by atoms with Crippen LogP contribution in [-0.2, 0) is 9.53 Å². The normalized spacial score (nSPS) is 10.4. The average Bonchev–Trinajstić information content (AvgIpc) is 3.01. The third-order valence-electron chi connectivity index (χ3n) is 3.07. The van der Waals surface area contributed by atoms with Gasteiger partial charge in [0.15, 0.2) is 11.7 Å². The zero-order valence-electron chi connectivity index (χ0n) is 12.7. The van der Waals surface area contributed by atoms with Gasteiger partial charge in [-0.3, -0.25) is 15.1 Å². The van der Waals surface area contributed by atoms with E-state index >= 15 is 0 Å². The van der Waals surface area contributed by atoms with E-state index in [4.69, 9.17) is 9.47 Å². The number of anilines is 1. The number of fused-ring (bicyclic) bond motifs is 1. The molecule has 2 heterocycles. The number of hydrogen-bond acceptors (Lipinski definition) is 7. The second kappa shape index (κ2) is 7.05. The van der Waals surface area contributed by atoms with Crippen molar-refractivity contribution in [3.63, 3.8) is 0 Å². The molecule has 1 N–H and O–H groups in total. The molecular weight excluding hydrogens is 330 g/mol. The molecule has 2 aromatic heterocycles. The van der Waals surface area contributed by atoms with E-state index in [0.29, 0.717) is 5.13 Å². The van der Waals surface area contributed by atoms with Crippen LogP contribution in [0, 0.1) is 0 Å². The van der Waals surface area contributed by atoms with Gasteiger partial charge in [-0.2, -0.15) is 0 Å². The molecule has 0 aliphatic carbocycles. The van der Waals surface area contributed by atoms with Crippen LogP contribution in [0.2, 0.25) is 0 Å². The Bertz CT molecular complexity index is 879. The predicted octanol–water partition coefficient (Wildman–Crippen LogP) is 2.50. The van der Waals surface area contributed by atoms with Crippen LogP contribution in [0.5, 0.6) is 5.75 Å². The number of benzene rings is 1. The molecular formula is C16H13N3O4S. The van der Waals surface area contributed by atoms with Crippen LogP contribution in [0.25, 0.3) is 10.2 Å². The number of nitrogens with zero attached hydrogens (tertiary/aromatic N) is 2. The Hall–Kier alpha value is -3.00. The summed E-state index contributed by atoms with van der Waals surface area (Å²) < 4.78 is 11.0. The molecule has 0 unspecified atom stereocenters. The van der Waals surface area contributed by atoms with Crippen molar-refractivity contribution >= 4 is 38.6 Å². The van der Waals surface area contributed by atoms with E-state index < -0.39 is 18.5 Å². The van der Waals surface area contributed by atoms with Gasteiger partial charge in [0.25, 0.3) is 5.91 Å². The highest BCUT2D eigenvalue weighted by Gasteiger charge is 2.12. The number of esters is 1. The van der Waals surface area contributed by atoms with Crippen molar-refractivity contribution in [2.24, 2.45) is 0 Å². The minimum Gasteiger partial charge on any atom is -0.497 e. The van der Waals surface area contributed by atoms with Gasteiger partial charge in [-0.05, 0) is 30.3 Å². The number of aromatic nitrogens is 2. The quantitative estimate of drug-likeness (QED) is 0.716. The Morgan fingerprint density at radius 1 is 1.29 bits per heavy atom. The first-order valence-electron chi connectivity index (χ1n) is 6.97. The molecule has 1 amide bonds. The van der Waals surface area contributed by atoms with E-state index in [2.05, 4.69) is 15.3 Å². The molecule has 0 saturated carbocycles. The predicted molar refractivity (Wildman–Crippen MR) is 89.3 cm³/mol. The van der Waals surface area contributed by atoms with Crippen LogP contribution < -0.4 is 10.1 Å². The maximum absolute atomic E-state index is 11.9. The first-order valence-corrected chi connectivity index (χ1v) is 7.79. The summed E-state index contributed by atoms with van der Waals surface area (Å²) in [6.45, 7) is -0.396. The van der Waals surface area contributed by atoms with Gasteiger partial charge in [-0.25, -0.2) is 9.78 Å². The second-order valence-corrected chi connectivity index (χ2v) is 5.75. The van der Waals surface area contributed by atoms with Crippen molar-refractivity contribution in [3.05, 3.63) is 48.3 Å². The summed E-state index contributed by atoms with van der Waals surface area (Å²) in [5, 5.41) is 3.04. The van der Waals surface area contributed by atoms with Gasteiger partial charge in [0.1, 0.15) is 5.75 Å². The third-order valence-corrected chi connectivity index (χ3v) is 4.01. The molecule has 0 aliphatic heterocycles. The van der Waals surface area contributed by atoms with Crippen molar-refractivity contribution in [1.82, 2.24) is 9.97 Å². The van der Waals surface area contributed by atoms with Crippen molar-refractivity contribution in [1.29, 1.82) is 0 Å². The van der Waals surface area contributed by atoms with Gasteiger partial charge in [0, 0.05) is 12.4 Å². The van der Waals surface area contributed by atoms with Gasteiger partial charge in [0.2, 0.25) is 0 Å². The summed E-state index contributed by atoms with van der Waals surface area (Å²) in [5.41, 5.74) is 1.04. The maximum atomic E-state index is 11.9. The van der Waals surface area contributed by atoms with Crippen LogP contribution in [0.1, 0.15) is 10.4 Å². The fourth-order valence-electron chi connectivity index (χ4n) is 1.94. The van der Waals surface area contributed by atoms with E-state index in [9.17, 15) is 9.59 Å². The van der Waals surface area contributed by atoms with Crippen molar-refractivity contribution in [3.8, 4) is 5.75 Å². The lowest BCUT2D eigenvalue weighted by Crippen LogP contribution is -2.20. The number of ether oxygens (including phenoxy) is 2. The average molecular weight is 343 g/mol. The molecule has 7 nitrogen and oxygen atoms in total. The van der Waals surface area contributed by atoms with Gasteiger partial charge < -0.3 is 9.47 Å². The van der Waals surface area contributed by atoms with E-state index in [1.54, 1.807) is 31.5 Å². The lowest BCUT2D eigenvalue weighted by molar-refractivity contribution is -0.119. The fourth-order valence-corrected chi connectivity index (χ4v) is 2.85. The largest absolute Gasteiger partial charge is 0.497 e. The molecule has 0 radical (unpaired) electrons. The van der Waals surface area contributed by atoms with Gasteiger partial charge in [-0.1, -0.05) is 11.3 Å². The van der Waals surface area contributed by atoms with E-state index in [0.717, 1.165) is 16.0 Å². The third kappa shape index (κ3) is 3.66. The number of pyridine rings is 1.